The first-order valence-corrected chi connectivity index (χ1v) is 14.6. The Kier molecular flexibility index (Phi) is 15.1. The quantitative estimate of drug-likeness (QED) is 0.309. The number of hydrogen-bond donors (Lipinski definition) is 0. The molecule has 24 heavy (non-hydrogen) atoms. The van der Waals surface area contributed by atoms with Crippen LogP contribution in [0.2, 0.25) is 13.1 Å². The van der Waals surface area contributed by atoms with Crippen molar-refractivity contribution in [3.8, 4) is 11.1 Å². The molecule has 1 nitrogen and oxygen atoms in total. The van der Waals surface area contributed by atoms with Gasteiger partial charge in [0.1, 0.15) is 0 Å². The third-order valence-corrected chi connectivity index (χ3v) is 3.23. The van der Waals surface area contributed by atoms with Gasteiger partial charge in [-0.05, 0) is 6.42 Å². The zero-order valence-corrected chi connectivity index (χ0v) is 19.1. The van der Waals surface area contributed by atoms with Crippen molar-refractivity contribution in [3.63, 3.8) is 0 Å². The predicted octanol–water partition coefficient (Wildman–Crippen LogP) is 6.79. The molecular formula is C19H26Cl2NSiTi-2. The fraction of sp³-hybridized carbons (Fsp3) is 0.368. The summed E-state index contributed by atoms with van der Waals surface area (Å²) in [4.78, 5) is 0. The molecule has 5 heteroatoms. The SMILES string of the molecule is CCC(C)[NH-].C[SiH]C.[Cl][Ti][Cl].[c-]1cccc2c1Cc1ccccc1-2. The molecule has 1 aliphatic rings. The minimum atomic E-state index is -0.556. The Labute approximate surface area is 166 Å². The molecule has 0 spiro atoms. The van der Waals surface area contributed by atoms with E-state index in [1.54, 1.807) is 0 Å². The van der Waals surface area contributed by atoms with Gasteiger partial charge in [-0.25, -0.2) is 0 Å². The summed E-state index contributed by atoms with van der Waals surface area (Å²) >= 11 is -0.556. The van der Waals surface area contributed by atoms with E-state index in [0.717, 1.165) is 22.4 Å². The van der Waals surface area contributed by atoms with Gasteiger partial charge in [0.25, 0.3) is 0 Å². The number of fused-ring (bicyclic) bond motifs is 3. The second kappa shape index (κ2) is 15.2. The molecule has 2 aromatic rings. The van der Waals surface area contributed by atoms with E-state index in [1.165, 1.54) is 22.3 Å². The van der Waals surface area contributed by atoms with Crippen LogP contribution in [-0.2, 0) is 23.5 Å². The summed E-state index contributed by atoms with van der Waals surface area (Å²) in [6.07, 6.45) is 2.02. The summed E-state index contributed by atoms with van der Waals surface area (Å²) in [5.41, 5.74) is 12.3. The third kappa shape index (κ3) is 9.41. The van der Waals surface area contributed by atoms with E-state index >= 15 is 0 Å². The molecule has 1 aliphatic carbocycles. The molecule has 1 N–H and O–H groups in total. The van der Waals surface area contributed by atoms with Crippen LogP contribution in [-0.4, -0.2) is 15.6 Å². The third-order valence-electron chi connectivity index (χ3n) is 3.23. The van der Waals surface area contributed by atoms with Crippen molar-refractivity contribution >= 4 is 28.1 Å². The summed E-state index contributed by atoms with van der Waals surface area (Å²) in [5, 5.41) is 0. The molecule has 1 atom stereocenters. The van der Waals surface area contributed by atoms with Crippen LogP contribution in [0.1, 0.15) is 31.4 Å². The van der Waals surface area contributed by atoms with Crippen LogP contribution >= 0.6 is 18.6 Å². The Balaban J connectivity index is 0.000000406. The molecule has 0 bridgehead atoms. The molecule has 1 unspecified atom stereocenters. The van der Waals surface area contributed by atoms with Crippen LogP contribution in [0.4, 0.5) is 0 Å². The van der Waals surface area contributed by atoms with Crippen molar-refractivity contribution in [2.45, 2.75) is 45.8 Å². The van der Waals surface area contributed by atoms with Crippen LogP contribution in [0.15, 0.2) is 42.5 Å². The Morgan fingerprint density at radius 2 is 1.67 bits per heavy atom. The summed E-state index contributed by atoms with van der Waals surface area (Å²) in [6, 6.07) is 18.2. The van der Waals surface area contributed by atoms with Crippen LogP contribution in [0.5, 0.6) is 0 Å². The first-order valence-electron chi connectivity index (χ1n) is 8.04. The molecule has 0 saturated carbocycles. The Bertz CT molecular complexity index is 519. The average Bonchev–Trinajstić information content (AvgIpc) is 2.95. The zero-order chi connectivity index (χ0) is 18.4. The van der Waals surface area contributed by atoms with Gasteiger partial charge in [0.05, 0.1) is 0 Å². The van der Waals surface area contributed by atoms with Crippen molar-refractivity contribution < 1.29 is 17.0 Å². The van der Waals surface area contributed by atoms with Gasteiger partial charge in [-0.2, -0.15) is 29.8 Å². The fourth-order valence-electron chi connectivity index (χ4n) is 2.00. The summed E-state index contributed by atoms with van der Waals surface area (Å²) in [7, 11) is 10.5. The number of benzene rings is 2. The van der Waals surface area contributed by atoms with Crippen molar-refractivity contribution in [2.75, 3.05) is 0 Å². The molecular weight excluding hydrogens is 389 g/mol. The molecule has 0 amide bonds. The Morgan fingerprint density at radius 1 is 1.17 bits per heavy atom. The first-order chi connectivity index (χ1) is 11.5. The van der Waals surface area contributed by atoms with E-state index in [2.05, 4.69) is 55.6 Å². The van der Waals surface area contributed by atoms with Gasteiger partial charge in [-0.15, -0.1) is 11.6 Å². The van der Waals surface area contributed by atoms with E-state index in [4.69, 9.17) is 24.3 Å². The Morgan fingerprint density at radius 3 is 2.21 bits per heavy atom. The molecule has 0 saturated heterocycles. The predicted molar refractivity (Wildman–Crippen MR) is 108 cm³/mol. The number of hydrogen-bond acceptors (Lipinski definition) is 0. The van der Waals surface area contributed by atoms with Crippen molar-refractivity contribution in [2.24, 2.45) is 0 Å². The standard InChI is InChI=1S/C13H9.C4H10N.C2H7Si.2ClH.Ti/c1-3-7-12-10(5-1)9-11-6-2-4-8-13(11)12;1-3-4(2)5;1-3-2;;;/h1-5,7-8H,9H2;4-5H,3H2,1-2H3;3H,1-2H3;2*1H;/q2*-1;;;;+2/p-2. The topological polar surface area (TPSA) is 23.8 Å². The van der Waals surface area contributed by atoms with Crippen molar-refractivity contribution in [3.05, 3.63) is 65.4 Å². The summed E-state index contributed by atoms with van der Waals surface area (Å²) < 4.78 is 0. The molecule has 3 rings (SSSR count). The van der Waals surface area contributed by atoms with Crippen LogP contribution in [0, 0.1) is 6.07 Å². The minimum absolute atomic E-state index is 0.134. The van der Waals surface area contributed by atoms with E-state index in [9.17, 15) is 0 Å². The van der Waals surface area contributed by atoms with Gasteiger partial charge >= 0.3 is 35.6 Å². The van der Waals surface area contributed by atoms with Gasteiger partial charge < -0.3 is 5.73 Å². The van der Waals surface area contributed by atoms with E-state index < -0.39 is 17.0 Å². The van der Waals surface area contributed by atoms with Gasteiger partial charge in [0.15, 0.2) is 0 Å². The second-order valence-electron chi connectivity index (χ2n) is 5.35. The van der Waals surface area contributed by atoms with Crippen molar-refractivity contribution in [1.29, 1.82) is 0 Å². The monoisotopic (exact) mass is 414 g/mol. The van der Waals surface area contributed by atoms with Gasteiger partial charge in [-0.3, -0.25) is 0 Å². The largest absolute Gasteiger partial charge is 0.179 e. The normalized spacial score (nSPS) is 11.1. The zero-order valence-electron chi connectivity index (χ0n) is 14.9. The summed E-state index contributed by atoms with van der Waals surface area (Å²) in [6.45, 7) is 8.32. The van der Waals surface area contributed by atoms with Crippen LogP contribution < -0.4 is 0 Å². The molecule has 0 heterocycles. The maximum Gasteiger partial charge on any atom is -0.0253 e. The second-order valence-corrected chi connectivity index (χ2v) is 9.09. The fourth-order valence-corrected chi connectivity index (χ4v) is 2.00. The average molecular weight is 415 g/mol. The van der Waals surface area contributed by atoms with Gasteiger partial charge in [0.2, 0.25) is 0 Å². The summed E-state index contributed by atoms with van der Waals surface area (Å²) in [5.74, 6) is 0. The van der Waals surface area contributed by atoms with Crippen LogP contribution in [0.25, 0.3) is 16.9 Å². The maximum atomic E-state index is 6.83. The molecule has 131 valence electrons. The smallest absolute Gasteiger partial charge is 0.0253 e. The molecule has 0 fully saturated rings. The molecule has 0 aromatic heterocycles. The molecule has 2 aromatic carbocycles. The minimum Gasteiger partial charge on any atom is -0.179 e. The Hall–Kier alpha value is -0.0888. The van der Waals surface area contributed by atoms with Gasteiger partial charge in [0, 0.05) is 9.52 Å². The van der Waals surface area contributed by atoms with E-state index in [1.807, 2.05) is 19.9 Å². The van der Waals surface area contributed by atoms with E-state index in [0.29, 0.717) is 0 Å². The van der Waals surface area contributed by atoms with Gasteiger partial charge in [-0.1, -0.05) is 68.8 Å². The molecule has 1 radical (unpaired) electrons. The number of halogens is 2. The maximum absolute atomic E-state index is 6.83. The first kappa shape index (κ1) is 23.9. The number of rotatable bonds is 1. The number of nitrogens with one attached hydrogen (secondary N) is 1. The molecule has 0 aliphatic heterocycles. The van der Waals surface area contributed by atoms with Crippen molar-refractivity contribution in [1.82, 2.24) is 0 Å². The van der Waals surface area contributed by atoms with E-state index in [-0.39, 0.29) is 6.04 Å². The van der Waals surface area contributed by atoms with Crippen LogP contribution in [0.3, 0.4) is 0 Å².